The van der Waals surface area contributed by atoms with Gasteiger partial charge in [-0.1, -0.05) is 42.5 Å². The highest BCUT2D eigenvalue weighted by Crippen LogP contribution is 2.55. The normalized spacial score (nSPS) is 28.3. The number of carbonyl (C=O) groups is 2. The molecule has 2 N–H and O–H groups in total. The smallest absolute Gasteiger partial charge is 0.292 e. The first-order chi connectivity index (χ1) is 15.5. The van der Waals surface area contributed by atoms with E-state index < -0.39 is 11.7 Å². The van der Waals surface area contributed by atoms with Gasteiger partial charge in [-0.05, 0) is 74.0 Å². The first kappa shape index (κ1) is 20.8. The maximum atomic E-state index is 13.0. The molecule has 1 amide bonds. The summed E-state index contributed by atoms with van der Waals surface area (Å²) >= 11 is 0. The number of hydrogen-bond donors (Lipinski definition) is 2. The quantitative estimate of drug-likeness (QED) is 0.489. The van der Waals surface area contributed by atoms with E-state index in [0.717, 1.165) is 30.5 Å². The fourth-order valence-electron chi connectivity index (χ4n) is 6.47. The van der Waals surface area contributed by atoms with Crippen LogP contribution in [0.15, 0.2) is 60.7 Å². The number of nitrogens with one attached hydrogen (secondary N) is 2. The minimum atomic E-state index is -0.526. The molecule has 0 unspecified atom stereocenters. The van der Waals surface area contributed by atoms with Gasteiger partial charge in [-0.2, -0.15) is 0 Å². The lowest BCUT2D eigenvalue weighted by molar-refractivity contribution is -0.138. The van der Waals surface area contributed by atoms with Crippen molar-refractivity contribution in [3.63, 3.8) is 0 Å². The molecule has 166 valence electrons. The zero-order chi connectivity index (χ0) is 22.1. The van der Waals surface area contributed by atoms with Gasteiger partial charge in [0.25, 0.3) is 5.91 Å². The van der Waals surface area contributed by atoms with E-state index in [1.54, 1.807) is 7.11 Å². The maximum absolute atomic E-state index is 13.0. The van der Waals surface area contributed by atoms with Crippen LogP contribution in [-0.4, -0.2) is 24.3 Å². The molecule has 5 nitrogen and oxygen atoms in total. The second-order valence-corrected chi connectivity index (χ2v) is 9.77. The van der Waals surface area contributed by atoms with Crippen molar-refractivity contribution in [3.8, 4) is 5.75 Å². The topological polar surface area (TPSA) is 67.4 Å². The van der Waals surface area contributed by atoms with Crippen LogP contribution in [0.5, 0.6) is 5.75 Å². The van der Waals surface area contributed by atoms with E-state index in [0.29, 0.717) is 29.2 Å². The average molecular weight is 431 g/mol. The van der Waals surface area contributed by atoms with Crippen molar-refractivity contribution in [3.05, 3.63) is 66.2 Å². The number of hydrogen-bond acceptors (Lipinski definition) is 4. The molecule has 0 aromatic heterocycles. The minimum Gasteiger partial charge on any atom is -0.495 e. The Bertz CT molecular complexity index is 1010. The van der Waals surface area contributed by atoms with Gasteiger partial charge in [0, 0.05) is 17.3 Å². The zero-order valence-corrected chi connectivity index (χ0v) is 18.5. The summed E-state index contributed by atoms with van der Waals surface area (Å²) in [5.41, 5.74) is 1.95. The number of ketones is 1. The first-order valence-corrected chi connectivity index (χ1v) is 11.6. The van der Waals surface area contributed by atoms with Crippen LogP contribution in [0.25, 0.3) is 5.70 Å². The Balaban J connectivity index is 1.38. The van der Waals surface area contributed by atoms with Crippen molar-refractivity contribution in [2.75, 3.05) is 12.4 Å². The summed E-state index contributed by atoms with van der Waals surface area (Å²) in [4.78, 5) is 26.0. The second-order valence-electron chi connectivity index (χ2n) is 9.77. The average Bonchev–Trinajstić information content (AvgIpc) is 2.78. The van der Waals surface area contributed by atoms with Gasteiger partial charge < -0.3 is 15.4 Å². The maximum Gasteiger partial charge on any atom is 0.292 e. The fourth-order valence-corrected chi connectivity index (χ4v) is 6.47. The van der Waals surface area contributed by atoms with E-state index in [2.05, 4.69) is 10.6 Å². The van der Waals surface area contributed by atoms with Crippen molar-refractivity contribution in [1.82, 2.24) is 5.32 Å². The molecule has 0 spiro atoms. The van der Waals surface area contributed by atoms with Gasteiger partial charge in [-0.3, -0.25) is 9.59 Å². The molecule has 0 radical (unpaired) electrons. The van der Waals surface area contributed by atoms with E-state index >= 15 is 0 Å². The number of amides is 1. The Hall–Kier alpha value is -3.08. The number of para-hydroxylation sites is 2. The second kappa shape index (κ2) is 8.45. The minimum absolute atomic E-state index is 0.182. The Morgan fingerprint density at radius 2 is 1.50 bits per heavy atom. The molecule has 32 heavy (non-hydrogen) atoms. The van der Waals surface area contributed by atoms with Crippen LogP contribution in [0.2, 0.25) is 0 Å². The van der Waals surface area contributed by atoms with Gasteiger partial charge in [-0.25, -0.2) is 0 Å². The number of carbonyl (C=O) groups excluding carboxylic acids is 2. The molecule has 0 saturated heterocycles. The lowest BCUT2D eigenvalue weighted by Crippen LogP contribution is -2.60. The van der Waals surface area contributed by atoms with Crippen molar-refractivity contribution in [2.45, 2.75) is 44.1 Å². The van der Waals surface area contributed by atoms with Gasteiger partial charge in [0.1, 0.15) is 5.75 Å². The van der Waals surface area contributed by atoms with Gasteiger partial charge in [0.15, 0.2) is 0 Å². The molecule has 2 aromatic carbocycles. The van der Waals surface area contributed by atoms with Gasteiger partial charge in [-0.15, -0.1) is 0 Å². The molecule has 0 aliphatic heterocycles. The zero-order valence-electron chi connectivity index (χ0n) is 18.5. The molecule has 4 fully saturated rings. The molecule has 6 rings (SSSR count). The molecule has 2 aromatic rings. The Morgan fingerprint density at radius 3 is 2.12 bits per heavy atom. The summed E-state index contributed by atoms with van der Waals surface area (Å²) in [5, 5.41) is 6.48. The van der Waals surface area contributed by atoms with Crippen LogP contribution in [-0.2, 0) is 9.59 Å². The van der Waals surface area contributed by atoms with Crippen molar-refractivity contribution >= 4 is 23.1 Å². The van der Waals surface area contributed by atoms with Gasteiger partial charge >= 0.3 is 0 Å². The number of ether oxygens (including phenoxy) is 1. The number of benzene rings is 2. The number of methoxy groups -OCH3 is 1. The number of anilines is 1. The predicted molar refractivity (Wildman–Crippen MR) is 125 cm³/mol. The lowest BCUT2D eigenvalue weighted by Gasteiger charge is -2.56. The van der Waals surface area contributed by atoms with Crippen LogP contribution < -0.4 is 15.4 Å². The molecule has 4 aliphatic rings. The van der Waals surface area contributed by atoms with Crippen LogP contribution in [0.3, 0.4) is 0 Å². The predicted octanol–water partition coefficient (Wildman–Crippen LogP) is 4.80. The van der Waals surface area contributed by atoms with E-state index in [9.17, 15) is 9.59 Å². The molecular weight excluding hydrogens is 400 g/mol. The molecule has 4 aliphatic carbocycles. The highest BCUT2D eigenvalue weighted by Gasteiger charge is 2.51. The highest BCUT2D eigenvalue weighted by atomic mass is 16.5. The third kappa shape index (κ3) is 4.16. The van der Waals surface area contributed by atoms with Crippen LogP contribution in [0.4, 0.5) is 5.69 Å². The molecule has 5 heteroatoms. The summed E-state index contributed by atoms with van der Waals surface area (Å²) in [7, 11) is 1.61. The van der Waals surface area contributed by atoms with E-state index in [-0.39, 0.29) is 5.54 Å². The summed E-state index contributed by atoms with van der Waals surface area (Å²) in [5.74, 6) is 1.77. The Labute approximate surface area is 189 Å². The SMILES string of the molecule is COc1ccccc1NC(=CC(=O)C(=O)NC12CC3CC(CC(C3)C1)C2)c1ccccc1. The first-order valence-electron chi connectivity index (χ1n) is 11.6. The molecular formula is C27H30N2O3. The summed E-state index contributed by atoms with van der Waals surface area (Å²) in [6.45, 7) is 0. The van der Waals surface area contributed by atoms with E-state index in [1.807, 2.05) is 54.6 Å². The summed E-state index contributed by atoms with van der Waals surface area (Å²) < 4.78 is 5.44. The van der Waals surface area contributed by atoms with Crippen molar-refractivity contribution in [1.29, 1.82) is 0 Å². The van der Waals surface area contributed by atoms with Gasteiger partial charge in [0.05, 0.1) is 12.8 Å². The summed E-state index contributed by atoms with van der Waals surface area (Å²) in [6, 6.07) is 17.1. The lowest BCUT2D eigenvalue weighted by atomic mass is 9.53. The van der Waals surface area contributed by atoms with Crippen molar-refractivity contribution in [2.24, 2.45) is 17.8 Å². The Kier molecular flexibility index (Phi) is 5.50. The van der Waals surface area contributed by atoms with Crippen LogP contribution in [0.1, 0.15) is 44.1 Å². The number of rotatable bonds is 7. The van der Waals surface area contributed by atoms with Crippen LogP contribution >= 0.6 is 0 Å². The molecule has 0 heterocycles. The van der Waals surface area contributed by atoms with Crippen LogP contribution in [0, 0.1) is 17.8 Å². The third-order valence-electron chi connectivity index (χ3n) is 7.38. The van der Waals surface area contributed by atoms with Crippen molar-refractivity contribution < 1.29 is 14.3 Å². The monoisotopic (exact) mass is 430 g/mol. The van der Waals surface area contributed by atoms with Gasteiger partial charge in [0.2, 0.25) is 5.78 Å². The molecule has 0 atom stereocenters. The molecule has 4 saturated carbocycles. The summed E-state index contributed by atoms with van der Waals surface area (Å²) in [6.07, 6.45) is 8.36. The van der Waals surface area contributed by atoms with E-state index in [4.69, 9.17) is 4.74 Å². The van der Waals surface area contributed by atoms with E-state index in [1.165, 1.54) is 25.3 Å². The third-order valence-corrected chi connectivity index (χ3v) is 7.38. The standard InChI is InChI=1S/C27H30N2O3/c1-32-25-10-6-5-9-22(25)28-23(21-7-3-2-4-8-21)14-24(30)26(31)29-27-15-18-11-19(16-27)13-20(12-18)17-27/h2-10,14,18-20,28H,11-13,15-17H2,1H3,(H,29,31). The Morgan fingerprint density at radius 1 is 0.906 bits per heavy atom. The molecule has 4 bridgehead atoms. The largest absolute Gasteiger partial charge is 0.495 e. The highest BCUT2D eigenvalue weighted by molar-refractivity contribution is 6.42. The fraction of sp³-hybridized carbons (Fsp3) is 0.407.